The molecule has 1 aromatic rings. The summed E-state index contributed by atoms with van der Waals surface area (Å²) >= 11 is 2.13. The Balaban J connectivity index is 2.80. The molecule has 1 unspecified atom stereocenters. The molecule has 0 aliphatic heterocycles. The van der Waals surface area contributed by atoms with Crippen LogP contribution in [-0.2, 0) is 9.59 Å². The second kappa shape index (κ2) is 6.36. The van der Waals surface area contributed by atoms with Gasteiger partial charge in [-0.3, -0.25) is 9.59 Å². The number of hydrogen-bond acceptors (Lipinski definition) is 2. The average molecular weight is 375 g/mol. The molecular weight excluding hydrogens is 357 g/mol. The van der Waals surface area contributed by atoms with Crippen LogP contribution >= 0.6 is 22.6 Å². The predicted molar refractivity (Wildman–Crippen MR) is 83.0 cm³/mol. The van der Waals surface area contributed by atoms with Gasteiger partial charge in [-0.15, -0.1) is 0 Å². The number of para-hydroxylation sites is 1. The van der Waals surface area contributed by atoms with Crippen molar-refractivity contribution in [3.63, 3.8) is 0 Å². The molecule has 0 bridgehead atoms. The van der Waals surface area contributed by atoms with Crippen molar-refractivity contribution in [3.8, 4) is 0 Å². The molecule has 19 heavy (non-hydrogen) atoms. The Hall–Kier alpha value is -1.11. The zero-order valence-corrected chi connectivity index (χ0v) is 13.4. The lowest BCUT2D eigenvalue weighted by Crippen LogP contribution is -2.37. The first-order valence-electron chi connectivity index (χ1n) is 6.05. The minimum absolute atomic E-state index is 0.0367. The molecule has 2 N–H and O–H groups in total. The molecule has 0 fully saturated rings. The second-order valence-electron chi connectivity index (χ2n) is 5.08. The smallest absolute Gasteiger partial charge is 0.310 e. The highest BCUT2D eigenvalue weighted by atomic mass is 127. The number of benzene rings is 1. The molecule has 1 atom stereocenters. The highest BCUT2D eigenvalue weighted by Gasteiger charge is 2.38. The van der Waals surface area contributed by atoms with Crippen molar-refractivity contribution < 1.29 is 14.7 Å². The van der Waals surface area contributed by atoms with Gasteiger partial charge in [0.1, 0.15) is 0 Å². The molecule has 4 nitrogen and oxygen atoms in total. The van der Waals surface area contributed by atoms with Gasteiger partial charge in [-0.05, 0) is 47.6 Å². The van der Waals surface area contributed by atoms with E-state index in [1.165, 1.54) is 0 Å². The normalized spacial score (nSPS) is 13.9. The van der Waals surface area contributed by atoms with E-state index >= 15 is 0 Å². The Kier molecular flexibility index (Phi) is 5.34. The summed E-state index contributed by atoms with van der Waals surface area (Å²) < 4.78 is 0.926. The number of anilines is 1. The number of carboxylic acids is 1. The fourth-order valence-electron chi connectivity index (χ4n) is 1.62. The lowest BCUT2D eigenvalue weighted by atomic mass is 9.76. The number of nitrogens with one attached hydrogen (secondary N) is 1. The highest BCUT2D eigenvalue weighted by Crippen LogP contribution is 2.32. The van der Waals surface area contributed by atoms with Crippen molar-refractivity contribution in [2.45, 2.75) is 27.2 Å². The lowest BCUT2D eigenvalue weighted by Gasteiger charge is -2.28. The fourth-order valence-corrected chi connectivity index (χ4v) is 2.14. The van der Waals surface area contributed by atoms with Gasteiger partial charge in [0.2, 0.25) is 5.91 Å². The van der Waals surface area contributed by atoms with E-state index in [9.17, 15) is 14.7 Å². The third kappa shape index (κ3) is 3.92. The van der Waals surface area contributed by atoms with Crippen LogP contribution in [0.5, 0.6) is 0 Å². The van der Waals surface area contributed by atoms with Crippen LogP contribution < -0.4 is 5.32 Å². The SMILES string of the molecule is CC(C)C(C)(CC(=O)Nc1ccccc1I)C(=O)O. The van der Waals surface area contributed by atoms with Crippen LogP contribution in [0.4, 0.5) is 5.69 Å². The molecule has 1 aromatic carbocycles. The van der Waals surface area contributed by atoms with Gasteiger partial charge in [-0.2, -0.15) is 0 Å². The molecule has 104 valence electrons. The summed E-state index contributed by atoms with van der Waals surface area (Å²) in [6.07, 6.45) is -0.0367. The molecule has 0 aliphatic rings. The summed E-state index contributed by atoms with van der Waals surface area (Å²) in [6.45, 7) is 5.23. The number of hydrogen-bond donors (Lipinski definition) is 2. The second-order valence-corrected chi connectivity index (χ2v) is 6.24. The molecule has 1 amide bonds. The summed E-state index contributed by atoms with van der Waals surface area (Å²) in [5.41, 5.74) is -0.339. The van der Waals surface area contributed by atoms with Gasteiger partial charge in [0, 0.05) is 9.99 Å². The minimum Gasteiger partial charge on any atom is -0.481 e. The van der Waals surface area contributed by atoms with E-state index in [0.29, 0.717) is 5.69 Å². The van der Waals surface area contributed by atoms with Crippen LogP contribution in [0, 0.1) is 14.9 Å². The van der Waals surface area contributed by atoms with Crippen LogP contribution in [-0.4, -0.2) is 17.0 Å². The van der Waals surface area contributed by atoms with E-state index in [0.717, 1.165) is 3.57 Å². The van der Waals surface area contributed by atoms with Crippen LogP contribution in [0.2, 0.25) is 0 Å². The first-order valence-corrected chi connectivity index (χ1v) is 7.13. The fraction of sp³-hybridized carbons (Fsp3) is 0.429. The Morgan fingerprint density at radius 2 is 1.95 bits per heavy atom. The number of amides is 1. The van der Waals surface area contributed by atoms with E-state index < -0.39 is 11.4 Å². The van der Waals surface area contributed by atoms with Crippen molar-refractivity contribution >= 4 is 40.2 Å². The third-order valence-electron chi connectivity index (χ3n) is 3.44. The first kappa shape index (κ1) is 15.9. The zero-order valence-electron chi connectivity index (χ0n) is 11.2. The van der Waals surface area contributed by atoms with Crippen LogP contribution in [0.1, 0.15) is 27.2 Å². The standard InChI is InChI=1S/C14H18INO3/c1-9(2)14(3,13(18)19)8-12(17)16-11-7-5-4-6-10(11)15/h4-7,9H,8H2,1-3H3,(H,16,17)(H,18,19). The maximum absolute atomic E-state index is 12.0. The van der Waals surface area contributed by atoms with Gasteiger partial charge in [0.25, 0.3) is 0 Å². The maximum Gasteiger partial charge on any atom is 0.310 e. The maximum atomic E-state index is 12.0. The lowest BCUT2D eigenvalue weighted by molar-refractivity contribution is -0.153. The molecule has 0 radical (unpaired) electrons. The first-order chi connectivity index (χ1) is 8.77. The number of halogens is 1. The van der Waals surface area contributed by atoms with Gasteiger partial charge in [-0.25, -0.2) is 0 Å². The van der Waals surface area contributed by atoms with Gasteiger partial charge in [0.15, 0.2) is 0 Å². The Bertz CT molecular complexity index is 487. The molecule has 0 aromatic heterocycles. The summed E-state index contributed by atoms with van der Waals surface area (Å²) in [6, 6.07) is 7.39. The number of carbonyl (C=O) groups excluding carboxylic acids is 1. The summed E-state index contributed by atoms with van der Waals surface area (Å²) in [4.78, 5) is 23.3. The van der Waals surface area contributed by atoms with Gasteiger partial charge >= 0.3 is 5.97 Å². The third-order valence-corrected chi connectivity index (χ3v) is 4.38. The van der Waals surface area contributed by atoms with E-state index in [4.69, 9.17) is 0 Å². The number of rotatable bonds is 5. The zero-order chi connectivity index (χ0) is 14.6. The molecule has 0 saturated heterocycles. The topological polar surface area (TPSA) is 66.4 Å². The van der Waals surface area contributed by atoms with E-state index in [1.54, 1.807) is 13.0 Å². The highest BCUT2D eigenvalue weighted by molar-refractivity contribution is 14.1. The van der Waals surface area contributed by atoms with E-state index in [2.05, 4.69) is 27.9 Å². The average Bonchev–Trinajstić information content (AvgIpc) is 2.31. The number of carbonyl (C=O) groups is 2. The Labute approximate surface area is 126 Å². The molecule has 0 spiro atoms. The summed E-state index contributed by atoms with van der Waals surface area (Å²) in [5.74, 6) is -1.34. The van der Waals surface area contributed by atoms with Crippen LogP contribution in [0.25, 0.3) is 0 Å². The summed E-state index contributed by atoms with van der Waals surface area (Å²) in [5, 5.41) is 12.1. The van der Waals surface area contributed by atoms with Crippen molar-refractivity contribution in [2.24, 2.45) is 11.3 Å². The van der Waals surface area contributed by atoms with Crippen molar-refractivity contribution in [1.82, 2.24) is 0 Å². The molecule has 0 saturated carbocycles. The summed E-state index contributed by atoms with van der Waals surface area (Å²) in [7, 11) is 0. The van der Waals surface area contributed by atoms with E-state index in [1.807, 2.05) is 32.0 Å². The monoisotopic (exact) mass is 375 g/mol. The van der Waals surface area contributed by atoms with Gasteiger partial charge in [-0.1, -0.05) is 26.0 Å². The quantitative estimate of drug-likeness (QED) is 0.776. The number of aliphatic carboxylic acids is 1. The Morgan fingerprint density at radius 3 is 2.42 bits per heavy atom. The largest absolute Gasteiger partial charge is 0.481 e. The van der Waals surface area contributed by atoms with Gasteiger partial charge < -0.3 is 10.4 Å². The van der Waals surface area contributed by atoms with Crippen molar-refractivity contribution in [2.75, 3.05) is 5.32 Å². The molecule has 1 rings (SSSR count). The van der Waals surface area contributed by atoms with Crippen molar-refractivity contribution in [3.05, 3.63) is 27.8 Å². The van der Waals surface area contributed by atoms with E-state index in [-0.39, 0.29) is 18.2 Å². The van der Waals surface area contributed by atoms with Crippen LogP contribution in [0.15, 0.2) is 24.3 Å². The predicted octanol–water partition coefficient (Wildman–Crippen LogP) is 3.37. The number of carboxylic acid groups (broad SMARTS) is 1. The Morgan fingerprint density at radius 1 is 1.37 bits per heavy atom. The molecule has 5 heteroatoms. The van der Waals surface area contributed by atoms with Crippen molar-refractivity contribution in [1.29, 1.82) is 0 Å². The molecule has 0 aliphatic carbocycles. The molecular formula is C14H18INO3. The minimum atomic E-state index is -1.05. The van der Waals surface area contributed by atoms with Gasteiger partial charge in [0.05, 0.1) is 11.1 Å². The molecule has 0 heterocycles. The van der Waals surface area contributed by atoms with Crippen LogP contribution in [0.3, 0.4) is 0 Å².